The number of guanidine groups is 1. The van der Waals surface area contributed by atoms with Crippen LogP contribution in [0.25, 0.3) is 0 Å². The van der Waals surface area contributed by atoms with Crippen molar-refractivity contribution in [1.29, 1.82) is 5.26 Å². The van der Waals surface area contributed by atoms with Crippen LogP contribution in [0, 0.1) is 11.3 Å². The van der Waals surface area contributed by atoms with Gasteiger partial charge in [-0.05, 0) is 32.0 Å². The summed E-state index contributed by atoms with van der Waals surface area (Å²) in [6, 6.07) is 5.28. The number of urea groups is 1. The Balaban J connectivity index is 0.00000450. The molecule has 12 heteroatoms. The number of alkyl halides is 3. The number of hydrogen-bond acceptors (Lipinski definition) is 4. The lowest BCUT2D eigenvalue weighted by Gasteiger charge is -2.18. The van der Waals surface area contributed by atoms with Crippen LogP contribution in [-0.2, 0) is 11.0 Å². The van der Waals surface area contributed by atoms with E-state index in [-0.39, 0.29) is 30.6 Å². The summed E-state index contributed by atoms with van der Waals surface area (Å²) in [5.41, 5.74) is 3.78. The number of aliphatic imine (C=N–C) groups is 1. The van der Waals surface area contributed by atoms with Gasteiger partial charge >= 0.3 is 12.2 Å². The molecule has 0 aliphatic carbocycles. The van der Waals surface area contributed by atoms with E-state index in [1.165, 1.54) is 13.1 Å². The number of carbonyl (C=O) groups is 2. The fraction of sp³-hybridized carbons (Fsp3) is 0.333. The van der Waals surface area contributed by atoms with Crippen molar-refractivity contribution in [2.45, 2.75) is 25.6 Å². The Morgan fingerprint density at radius 1 is 1.43 bits per heavy atom. The van der Waals surface area contributed by atoms with Crippen LogP contribution in [0.5, 0.6) is 0 Å². The number of amides is 3. The summed E-state index contributed by atoms with van der Waals surface area (Å²) < 4.78 is 38.6. The monoisotopic (exact) mass is 444 g/mol. The van der Waals surface area contributed by atoms with E-state index in [4.69, 9.17) is 5.73 Å². The molecule has 1 aliphatic rings. The van der Waals surface area contributed by atoms with Crippen LogP contribution in [0.4, 0.5) is 23.7 Å². The molecular weight excluding hydrogens is 425 g/mol. The number of hydrogen-bond donors (Lipinski definition) is 2. The van der Waals surface area contributed by atoms with E-state index >= 15 is 0 Å². The zero-order chi connectivity index (χ0) is 22.0. The number of likely N-dealkylation sites (N-methyl/N-ethyl adjacent to an activating group) is 1. The molecule has 2 rings (SSSR count). The molecule has 1 saturated heterocycles. The molecule has 0 atom stereocenters. The standard InChI is InChI=1S/C18H19F3N6O2.ClH/c1-17(2)10-27(16(29)25-17)15(23)24-9-11(8-22)14(28)26(3)13-6-4-5-12(7-13)18(19,20)21;/h4-7,9H,10H2,1-3H3,(H2,23,24)(H,25,29);1H/b11-9+;. The number of benzene rings is 1. The summed E-state index contributed by atoms with van der Waals surface area (Å²) >= 11 is 0. The highest BCUT2D eigenvalue weighted by molar-refractivity contribution is 6.08. The molecule has 30 heavy (non-hydrogen) atoms. The lowest BCUT2D eigenvalue weighted by molar-refractivity contribution is -0.137. The molecule has 1 aliphatic heterocycles. The third-order valence-corrected chi connectivity index (χ3v) is 4.06. The molecule has 3 N–H and O–H groups in total. The Bertz CT molecular complexity index is 937. The van der Waals surface area contributed by atoms with Gasteiger partial charge in [0.05, 0.1) is 23.8 Å². The average Bonchev–Trinajstić information content (AvgIpc) is 2.93. The van der Waals surface area contributed by atoms with Crippen molar-refractivity contribution in [3.05, 3.63) is 41.6 Å². The highest BCUT2D eigenvalue weighted by Crippen LogP contribution is 2.31. The van der Waals surface area contributed by atoms with E-state index in [0.717, 1.165) is 34.2 Å². The van der Waals surface area contributed by atoms with Gasteiger partial charge in [-0.2, -0.15) is 18.4 Å². The minimum Gasteiger partial charge on any atom is -0.369 e. The molecule has 0 saturated carbocycles. The highest BCUT2D eigenvalue weighted by Gasteiger charge is 2.36. The van der Waals surface area contributed by atoms with Crippen LogP contribution >= 0.6 is 12.4 Å². The maximum Gasteiger partial charge on any atom is 0.416 e. The topological polar surface area (TPSA) is 115 Å². The van der Waals surface area contributed by atoms with Crippen LogP contribution < -0.4 is 16.0 Å². The first-order chi connectivity index (χ1) is 13.4. The number of rotatable bonds is 3. The number of nitrogens with two attached hydrogens (primary N) is 1. The predicted molar refractivity (Wildman–Crippen MR) is 107 cm³/mol. The lowest BCUT2D eigenvalue weighted by atomic mass is 10.1. The van der Waals surface area contributed by atoms with Crippen molar-refractivity contribution in [3.63, 3.8) is 0 Å². The molecule has 0 bridgehead atoms. The Morgan fingerprint density at radius 2 is 2.07 bits per heavy atom. The number of nitrogens with one attached hydrogen (secondary N) is 1. The fourth-order valence-corrected chi connectivity index (χ4v) is 2.57. The maximum atomic E-state index is 12.9. The van der Waals surface area contributed by atoms with Crippen LogP contribution in [0.3, 0.4) is 0 Å². The lowest BCUT2D eigenvalue weighted by Crippen LogP contribution is -2.39. The van der Waals surface area contributed by atoms with Gasteiger partial charge in [0.1, 0.15) is 11.6 Å². The molecule has 1 heterocycles. The van der Waals surface area contributed by atoms with E-state index in [9.17, 15) is 28.0 Å². The third kappa shape index (κ3) is 5.64. The van der Waals surface area contributed by atoms with Gasteiger partial charge in [0.25, 0.3) is 5.91 Å². The molecule has 0 aromatic heterocycles. The van der Waals surface area contributed by atoms with E-state index in [1.54, 1.807) is 19.9 Å². The molecule has 162 valence electrons. The van der Waals surface area contributed by atoms with Crippen LogP contribution in [-0.4, -0.2) is 41.9 Å². The number of carbonyl (C=O) groups excluding carboxylic acids is 2. The first kappa shape index (κ1) is 24.8. The first-order valence-corrected chi connectivity index (χ1v) is 8.34. The van der Waals surface area contributed by atoms with Crippen LogP contribution in [0.15, 0.2) is 41.0 Å². The third-order valence-electron chi connectivity index (χ3n) is 4.06. The van der Waals surface area contributed by atoms with Gasteiger partial charge in [-0.3, -0.25) is 9.69 Å². The van der Waals surface area contributed by atoms with Crippen molar-refractivity contribution in [2.75, 3.05) is 18.5 Å². The second kappa shape index (κ2) is 9.04. The summed E-state index contributed by atoms with van der Waals surface area (Å²) in [6.45, 7) is 3.79. The Labute approximate surface area is 177 Å². The predicted octanol–water partition coefficient (Wildman–Crippen LogP) is 2.62. The van der Waals surface area contributed by atoms with Crippen molar-refractivity contribution < 1.29 is 22.8 Å². The minimum atomic E-state index is -4.57. The van der Waals surface area contributed by atoms with Crippen molar-refractivity contribution in [1.82, 2.24) is 10.2 Å². The van der Waals surface area contributed by atoms with E-state index in [0.29, 0.717) is 0 Å². The summed E-state index contributed by atoms with van der Waals surface area (Å²) in [5.74, 6) is -1.11. The SMILES string of the molecule is CN(C(=O)/C(C#N)=C/N=C(N)N1CC(C)(C)NC1=O)c1cccc(C(F)(F)F)c1.Cl. The second-order valence-corrected chi connectivity index (χ2v) is 6.95. The number of anilines is 1. The largest absolute Gasteiger partial charge is 0.416 e. The minimum absolute atomic E-state index is 0. The van der Waals surface area contributed by atoms with Gasteiger partial charge in [0.2, 0.25) is 5.96 Å². The molecule has 1 fully saturated rings. The Morgan fingerprint density at radius 3 is 2.57 bits per heavy atom. The number of nitriles is 1. The van der Waals surface area contributed by atoms with Crippen molar-refractivity contribution in [2.24, 2.45) is 10.7 Å². The molecule has 3 amide bonds. The average molecular weight is 445 g/mol. The molecule has 8 nitrogen and oxygen atoms in total. The first-order valence-electron chi connectivity index (χ1n) is 8.34. The van der Waals surface area contributed by atoms with Crippen LogP contribution in [0.1, 0.15) is 19.4 Å². The summed E-state index contributed by atoms with van der Waals surface area (Å²) in [4.78, 5) is 30.2. The second-order valence-electron chi connectivity index (χ2n) is 6.95. The Kier molecular flexibility index (Phi) is 7.47. The van der Waals surface area contributed by atoms with E-state index in [1.807, 2.05) is 0 Å². The van der Waals surface area contributed by atoms with Gasteiger partial charge < -0.3 is 16.0 Å². The van der Waals surface area contributed by atoms with Gasteiger partial charge in [0.15, 0.2) is 0 Å². The molecule has 1 aromatic carbocycles. The fourth-order valence-electron chi connectivity index (χ4n) is 2.57. The normalized spacial score (nSPS) is 16.4. The van der Waals surface area contributed by atoms with Gasteiger partial charge in [0, 0.05) is 12.7 Å². The van der Waals surface area contributed by atoms with Gasteiger partial charge in [-0.15, -0.1) is 12.4 Å². The molecule has 0 unspecified atom stereocenters. The zero-order valence-corrected chi connectivity index (χ0v) is 17.1. The number of halogens is 4. The summed E-state index contributed by atoms with van der Waals surface area (Å²) in [7, 11) is 1.23. The molecule has 1 aromatic rings. The van der Waals surface area contributed by atoms with Crippen molar-refractivity contribution in [3.8, 4) is 6.07 Å². The summed E-state index contributed by atoms with van der Waals surface area (Å²) in [5, 5.41) is 11.9. The smallest absolute Gasteiger partial charge is 0.369 e. The summed E-state index contributed by atoms with van der Waals surface area (Å²) in [6.07, 6.45) is -3.70. The van der Waals surface area contributed by atoms with Gasteiger partial charge in [-0.25, -0.2) is 9.79 Å². The quantitative estimate of drug-likeness (QED) is 0.322. The van der Waals surface area contributed by atoms with Gasteiger partial charge in [-0.1, -0.05) is 6.07 Å². The molecule has 0 spiro atoms. The molecular formula is C18H20ClF3N6O2. The number of nitrogens with zero attached hydrogens (tertiary/aromatic N) is 4. The maximum absolute atomic E-state index is 12.9. The highest BCUT2D eigenvalue weighted by atomic mass is 35.5. The van der Waals surface area contributed by atoms with Crippen LogP contribution in [0.2, 0.25) is 0 Å². The van der Waals surface area contributed by atoms with Crippen molar-refractivity contribution >= 4 is 36.0 Å². The molecule has 0 radical (unpaired) electrons. The Hall–Kier alpha value is -3.26. The zero-order valence-electron chi connectivity index (χ0n) is 16.3. The van der Waals surface area contributed by atoms with E-state index < -0.39 is 34.8 Å². The van der Waals surface area contributed by atoms with E-state index in [2.05, 4.69) is 10.3 Å².